The number of hydrogen-bond donors (Lipinski definition) is 0. The molecule has 300 valence electrons. The predicted octanol–water partition coefficient (Wildman–Crippen LogP) is 13.3. The largest absolute Gasteiger partial charge is 0.474 e. The van der Waals surface area contributed by atoms with Gasteiger partial charge in [-0.15, -0.1) is 0 Å². The molecule has 0 saturated carbocycles. The van der Waals surface area contributed by atoms with Crippen LogP contribution in [0.25, 0.3) is 0 Å². The SMILES string of the molecule is COP(=O)(OC)OC1C=C(C)C(/C=C/C(C)=C/C=C/C(C)=C/C=C/C=C(C)/C=C/C=C(C)/C=C/C2=C(C)CC(OP(=O)(OC)OC)CC2(C)C)C(C)(C)C1. The van der Waals surface area contributed by atoms with Gasteiger partial charge in [0, 0.05) is 34.4 Å². The number of phosphoric acid groups is 2. The number of hydrogen-bond acceptors (Lipinski definition) is 8. The molecule has 0 amide bonds. The molecule has 0 spiro atoms. The monoisotopic (exact) mass is 784 g/mol. The molecule has 0 aromatic rings. The van der Waals surface area contributed by atoms with Crippen LogP contribution in [0.4, 0.5) is 0 Å². The zero-order valence-corrected chi connectivity index (χ0v) is 37.0. The third-order valence-corrected chi connectivity index (χ3v) is 12.6. The van der Waals surface area contributed by atoms with E-state index in [1.165, 1.54) is 45.2 Å². The van der Waals surface area contributed by atoms with E-state index >= 15 is 0 Å². The van der Waals surface area contributed by atoms with Gasteiger partial charge in [0.05, 0.1) is 12.2 Å². The Bertz CT molecular complexity index is 1710. The van der Waals surface area contributed by atoms with Gasteiger partial charge < -0.3 is 0 Å². The van der Waals surface area contributed by atoms with Crippen LogP contribution >= 0.6 is 15.6 Å². The van der Waals surface area contributed by atoms with Crippen LogP contribution in [-0.4, -0.2) is 40.6 Å². The molecule has 2 aliphatic carbocycles. The summed E-state index contributed by atoms with van der Waals surface area (Å²) >= 11 is 0. The van der Waals surface area contributed by atoms with Gasteiger partial charge in [-0.1, -0.05) is 152 Å². The van der Waals surface area contributed by atoms with Crippen molar-refractivity contribution in [2.24, 2.45) is 16.7 Å². The molecule has 0 aromatic carbocycles. The van der Waals surface area contributed by atoms with E-state index < -0.39 is 15.6 Å². The highest BCUT2D eigenvalue weighted by molar-refractivity contribution is 7.48. The molecule has 0 aromatic heterocycles. The van der Waals surface area contributed by atoms with E-state index in [1.807, 2.05) is 18.2 Å². The highest BCUT2D eigenvalue weighted by atomic mass is 31.2. The van der Waals surface area contributed by atoms with E-state index in [-0.39, 0.29) is 29.0 Å². The fourth-order valence-electron chi connectivity index (χ4n) is 6.89. The standard InChI is InChI=1S/C44H66O8P2/c1-33(21-17-23-35(3)25-27-41-37(5)29-39(31-43(41,7)8)51-53(45,47-11)48-12)19-15-16-20-34(2)22-18-24-36(4)26-28-42-38(6)30-40(32-44(42,9)10)52-54(46,49-13)50-14/h15-29,39-41H,30-32H2,1-14H3/b16-15+,21-17+,22-18+,27-25+,28-26+,33-19+,34-20+,35-23+,36-24+. The molecule has 3 atom stereocenters. The summed E-state index contributed by atoms with van der Waals surface area (Å²) in [6, 6.07) is 0. The Morgan fingerprint density at radius 1 is 0.667 bits per heavy atom. The van der Waals surface area contributed by atoms with Crippen LogP contribution in [0.3, 0.4) is 0 Å². The average molecular weight is 785 g/mol. The number of allylic oxidation sites excluding steroid dienone is 20. The van der Waals surface area contributed by atoms with Crippen molar-refractivity contribution in [3.63, 3.8) is 0 Å². The molecule has 0 saturated heterocycles. The first-order valence-electron chi connectivity index (χ1n) is 18.5. The highest BCUT2D eigenvalue weighted by Gasteiger charge is 2.39. The van der Waals surface area contributed by atoms with Crippen LogP contribution in [-0.2, 0) is 36.3 Å². The maximum atomic E-state index is 12.5. The molecular weight excluding hydrogens is 718 g/mol. The molecule has 54 heavy (non-hydrogen) atoms. The zero-order valence-electron chi connectivity index (χ0n) is 35.2. The summed E-state index contributed by atoms with van der Waals surface area (Å²) in [6.45, 7) is 21.3. The van der Waals surface area contributed by atoms with E-state index in [1.54, 1.807) is 0 Å². The lowest BCUT2D eigenvalue weighted by molar-refractivity contribution is 0.0763. The number of rotatable bonds is 18. The fraction of sp³-hybridized carbons (Fsp3) is 0.500. The van der Waals surface area contributed by atoms with Crippen LogP contribution in [0.1, 0.15) is 88.5 Å². The minimum absolute atomic E-state index is 0.0951. The maximum Gasteiger partial charge on any atom is 0.474 e. The van der Waals surface area contributed by atoms with E-state index in [0.717, 1.165) is 28.7 Å². The molecule has 0 fully saturated rings. The second kappa shape index (κ2) is 21.6. The summed E-state index contributed by atoms with van der Waals surface area (Å²) in [6.07, 6.45) is 33.1. The lowest BCUT2D eigenvalue weighted by Crippen LogP contribution is -2.33. The summed E-state index contributed by atoms with van der Waals surface area (Å²) in [5.74, 6) is 0.226. The molecule has 0 radical (unpaired) electrons. The summed E-state index contributed by atoms with van der Waals surface area (Å²) in [4.78, 5) is 0. The molecule has 8 nitrogen and oxygen atoms in total. The van der Waals surface area contributed by atoms with Crippen molar-refractivity contribution in [1.82, 2.24) is 0 Å². The van der Waals surface area contributed by atoms with Crippen molar-refractivity contribution < 1.29 is 36.3 Å². The van der Waals surface area contributed by atoms with Crippen molar-refractivity contribution in [1.29, 1.82) is 0 Å². The third kappa shape index (κ3) is 15.5. The minimum Gasteiger partial charge on any atom is -0.290 e. The summed E-state index contributed by atoms with van der Waals surface area (Å²) in [7, 11) is -1.73. The first-order valence-corrected chi connectivity index (χ1v) is 21.4. The Labute approximate surface area is 327 Å². The van der Waals surface area contributed by atoms with Crippen molar-refractivity contribution >= 4 is 15.6 Å². The summed E-state index contributed by atoms with van der Waals surface area (Å²) < 4.78 is 56.4. The molecule has 2 aliphatic rings. The molecule has 2 rings (SSSR count). The number of phosphoric ester groups is 2. The van der Waals surface area contributed by atoms with Gasteiger partial charge in [0.25, 0.3) is 0 Å². The summed E-state index contributed by atoms with van der Waals surface area (Å²) in [5, 5.41) is 0. The summed E-state index contributed by atoms with van der Waals surface area (Å²) in [5.41, 5.74) is 7.99. The Morgan fingerprint density at radius 3 is 1.61 bits per heavy atom. The van der Waals surface area contributed by atoms with Gasteiger partial charge in [-0.05, 0) is 77.2 Å². The van der Waals surface area contributed by atoms with Crippen LogP contribution in [0.5, 0.6) is 0 Å². The second-order valence-corrected chi connectivity index (χ2v) is 19.2. The van der Waals surface area contributed by atoms with Crippen LogP contribution in [0.2, 0.25) is 0 Å². The Morgan fingerprint density at radius 2 is 1.13 bits per heavy atom. The molecule has 0 aliphatic heterocycles. The topological polar surface area (TPSA) is 89.5 Å². The fourth-order valence-corrected chi connectivity index (χ4v) is 8.52. The lowest BCUT2D eigenvalue weighted by atomic mass is 9.67. The van der Waals surface area contributed by atoms with Gasteiger partial charge in [0.15, 0.2) is 0 Å². The normalized spacial score (nSPS) is 24.0. The predicted molar refractivity (Wildman–Crippen MR) is 225 cm³/mol. The highest BCUT2D eigenvalue weighted by Crippen LogP contribution is 2.54. The van der Waals surface area contributed by atoms with Gasteiger partial charge in [-0.3, -0.25) is 27.1 Å². The van der Waals surface area contributed by atoms with Crippen molar-refractivity contribution in [2.75, 3.05) is 28.4 Å². The van der Waals surface area contributed by atoms with Crippen LogP contribution < -0.4 is 0 Å². The van der Waals surface area contributed by atoms with Crippen molar-refractivity contribution in [3.05, 3.63) is 130 Å². The lowest BCUT2D eigenvalue weighted by Gasteiger charge is -2.40. The molecule has 0 N–H and O–H groups in total. The van der Waals surface area contributed by atoms with E-state index in [2.05, 4.69) is 142 Å². The van der Waals surface area contributed by atoms with Gasteiger partial charge in [-0.25, -0.2) is 9.13 Å². The maximum absolute atomic E-state index is 12.5. The van der Waals surface area contributed by atoms with E-state index in [0.29, 0.717) is 12.8 Å². The Kier molecular flexibility index (Phi) is 19.0. The van der Waals surface area contributed by atoms with Crippen molar-refractivity contribution in [2.45, 2.75) is 101 Å². The zero-order chi connectivity index (χ0) is 40.7. The minimum atomic E-state index is -3.55. The Balaban J connectivity index is 1.95. The first-order chi connectivity index (χ1) is 25.2. The molecule has 0 heterocycles. The van der Waals surface area contributed by atoms with Gasteiger partial charge in [0.1, 0.15) is 0 Å². The van der Waals surface area contributed by atoms with E-state index in [4.69, 9.17) is 27.1 Å². The smallest absolute Gasteiger partial charge is 0.290 e. The molecule has 0 bridgehead atoms. The van der Waals surface area contributed by atoms with Gasteiger partial charge in [-0.2, -0.15) is 0 Å². The van der Waals surface area contributed by atoms with Crippen LogP contribution in [0, 0.1) is 16.7 Å². The van der Waals surface area contributed by atoms with E-state index in [9.17, 15) is 9.13 Å². The quantitative estimate of drug-likeness (QED) is 0.0771. The average Bonchev–Trinajstić information content (AvgIpc) is 3.08. The van der Waals surface area contributed by atoms with Crippen LogP contribution in [0.15, 0.2) is 130 Å². The second-order valence-electron chi connectivity index (χ2n) is 15.5. The first kappa shape index (κ1) is 47.5. The molecular formula is C44H66O8P2. The third-order valence-electron chi connectivity index (χ3n) is 9.74. The molecule has 10 heteroatoms. The Hall–Kier alpha value is -2.64. The van der Waals surface area contributed by atoms with Crippen molar-refractivity contribution in [3.8, 4) is 0 Å². The van der Waals surface area contributed by atoms with Gasteiger partial charge >= 0.3 is 15.6 Å². The van der Waals surface area contributed by atoms with Gasteiger partial charge in [0.2, 0.25) is 0 Å². The molecule has 3 unspecified atom stereocenters.